The molecule has 1 aromatic rings. The first kappa shape index (κ1) is 15.3. The Morgan fingerprint density at radius 2 is 2.00 bits per heavy atom. The van der Waals surface area contributed by atoms with Gasteiger partial charge in [0.2, 0.25) is 0 Å². The van der Waals surface area contributed by atoms with E-state index in [1.165, 1.54) is 6.07 Å². The highest BCUT2D eigenvalue weighted by Crippen LogP contribution is 2.15. The monoisotopic (exact) mass is 286 g/mol. The summed E-state index contributed by atoms with van der Waals surface area (Å²) in [5, 5.41) is 13.0. The van der Waals surface area contributed by atoms with E-state index in [4.69, 9.17) is 4.74 Å². The van der Waals surface area contributed by atoms with Crippen molar-refractivity contribution < 1.29 is 18.6 Å². The molecule has 4 nitrogen and oxygen atoms in total. The molecule has 1 heterocycles. The fourth-order valence-electron chi connectivity index (χ4n) is 2.14. The Hall–Kier alpha value is -1.08. The second-order valence-electron chi connectivity index (χ2n) is 4.85. The van der Waals surface area contributed by atoms with Crippen LogP contribution in [0.3, 0.4) is 0 Å². The van der Waals surface area contributed by atoms with Crippen LogP contribution < -0.4 is 5.32 Å². The van der Waals surface area contributed by atoms with Gasteiger partial charge in [0.15, 0.2) is 11.6 Å². The molecule has 0 amide bonds. The van der Waals surface area contributed by atoms with Gasteiger partial charge in [-0.15, -0.1) is 0 Å². The van der Waals surface area contributed by atoms with Gasteiger partial charge in [0.05, 0.1) is 19.3 Å². The molecule has 0 spiro atoms. The molecule has 1 fully saturated rings. The number of hydrogen-bond acceptors (Lipinski definition) is 4. The lowest BCUT2D eigenvalue weighted by Crippen LogP contribution is -2.40. The van der Waals surface area contributed by atoms with Crippen LogP contribution >= 0.6 is 0 Å². The number of nitrogens with zero attached hydrogens (tertiary/aromatic N) is 1. The number of morpholine rings is 1. The molecular formula is C14H20F2N2O2. The molecule has 20 heavy (non-hydrogen) atoms. The summed E-state index contributed by atoms with van der Waals surface area (Å²) in [6.45, 7) is 5.31. The Labute approximate surface area is 117 Å². The summed E-state index contributed by atoms with van der Waals surface area (Å²) in [6.07, 6.45) is -0.838. The van der Waals surface area contributed by atoms with E-state index in [1.807, 2.05) is 0 Å². The molecule has 112 valence electrons. The average Bonchev–Trinajstić information content (AvgIpc) is 2.47. The van der Waals surface area contributed by atoms with Crippen LogP contribution in [-0.4, -0.2) is 55.9 Å². The van der Waals surface area contributed by atoms with Gasteiger partial charge in [-0.05, 0) is 17.7 Å². The van der Waals surface area contributed by atoms with Crippen LogP contribution in [-0.2, 0) is 4.74 Å². The third-order valence-electron chi connectivity index (χ3n) is 3.37. The van der Waals surface area contributed by atoms with Crippen molar-refractivity contribution in [3.63, 3.8) is 0 Å². The lowest BCUT2D eigenvalue weighted by molar-refractivity contribution is 0.0380. The minimum atomic E-state index is -0.935. The summed E-state index contributed by atoms with van der Waals surface area (Å²) >= 11 is 0. The number of halogens is 2. The summed E-state index contributed by atoms with van der Waals surface area (Å²) in [5.74, 6) is -1.84. The predicted molar refractivity (Wildman–Crippen MR) is 71.4 cm³/mol. The van der Waals surface area contributed by atoms with Crippen LogP contribution in [0, 0.1) is 11.6 Å². The van der Waals surface area contributed by atoms with Crippen LogP contribution in [0.2, 0.25) is 0 Å². The smallest absolute Gasteiger partial charge is 0.159 e. The van der Waals surface area contributed by atoms with Gasteiger partial charge in [0.1, 0.15) is 0 Å². The van der Waals surface area contributed by atoms with E-state index < -0.39 is 17.7 Å². The molecule has 0 radical (unpaired) electrons. The van der Waals surface area contributed by atoms with Crippen LogP contribution in [0.25, 0.3) is 0 Å². The number of hydrogen-bond donors (Lipinski definition) is 2. The molecule has 6 heteroatoms. The van der Waals surface area contributed by atoms with Crippen molar-refractivity contribution in [1.29, 1.82) is 0 Å². The number of rotatable bonds is 6. The van der Waals surface area contributed by atoms with Gasteiger partial charge in [-0.25, -0.2) is 8.78 Å². The SMILES string of the molecule is OC(CNCCN1CCOCC1)c1ccc(F)c(F)c1. The second kappa shape index (κ2) is 7.64. The van der Waals surface area contributed by atoms with Gasteiger partial charge in [-0.1, -0.05) is 6.07 Å². The standard InChI is InChI=1S/C14H20F2N2O2/c15-12-2-1-11(9-13(12)16)14(19)10-17-3-4-18-5-7-20-8-6-18/h1-2,9,14,17,19H,3-8,10H2. The molecule has 0 aliphatic carbocycles. The summed E-state index contributed by atoms with van der Waals surface area (Å²) in [7, 11) is 0. The molecule has 0 bridgehead atoms. The molecule has 1 atom stereocenters. The van der Waals surface area contributed by atoms with E-state index in [0.29, 0.717) is 12.1 Å². The van der Waals surface area contributed by atoms with Crippen molar-refractivity contribution in [2.45, 2.75) is 6.10 Å². The number of ether oxygens (including phenoxy) is 1. The van der Waals surface area contributed by atoms with Gasteiger partial charge in [-0.2, -0.15) is 0 Å². The maximum atomic E-state index is 13.0. The highest BCUT2D eigenvalue weighted by atomic mass is 19.2. The van der Waals surface area contributed by atoms with E-state index >= 15 is 0 Å². The molecule has 0 saturated carbocycles. The van der Waals surface area contributed by atoms with Gasteiger partial charge in [0, 0.05) is 32.7 Å². The molecule has 2 rings (SSSR count). The summed E-state index contributed by atoms with van der Waals surface area (Å²) in [6, 6.07) is 3.46. The molecular weight excluding hydrogens is 266 g/mol. The summed E-state index contributed by atoms with van der Waals surface area (Å²) in [5.41, 5.74) is 0.378. The van der Waals surface area contributed by atoms with E-state index in [0.717, 1.165) is 51.5 Å². The maximum Gasteiger partial charge on any atom is 0.159 e. The number of benzene rings is 1. The van der Waals surface area contributed by atoms with Gasteiger partial charge in [0.25, 0.3) is 0 Å². The first-order valence-electron chi connectivity index (χ1n) is 6.80. The van der Waals surface area contributed by atoms with Crippen LogP contribution in [0.1, 0.15) is 11.7 Å². The van der Waals surface area contributed by atoms with Gasteiger partial charge < -0.3 is 15.2 Å². The third-order valence-corrected chi connectivity index (χ3v) is 3.37. The zero-order valence-electron chi connectivity index (χ0n) is 11.3. The van der Waals surface area contributed by atoms with E-state index in [2.05, 4.69) is 10.2 Å². The first-order chi connectivity index (χ1) is 9.66. The Kier molecular flexibility index (Phi) is 5.85. The molecule has 1 unspecified atom stereocenters. The van der Waals surface area contributed by atoms with Gasteiger partial charge >= 0.3 is 0 Å². The molecule has 1 aliphatic rings. The molecule has 2 N–H and O–H groups in total. The topological polar surface area (TPSA) is 44.7 Å². The zero-order valence-corrected chi connectivity index (χ0v) is 11.3. The Morgan fingerprint density at radius 1 is 1.25 bits per heavy atom. The van der Waals surface area contributed by atoms with Gasteiger partial charge in [-0.3, -0.25) is 4.90 Å². The third kappa shape index (κ3) is 4.49. The number of nitrogens with one attached hydrogen (secondary N) is 1. The lowest BCUT2D eigenvalue weighted by Gasteiger charge is -2.26. The minimum absolute atomic E-state index is 0.315. The Balaban J connectivity index is 1.69. The van der Waals surface area contributed by atoms with Crippen molar-refractivity contribution in [3.8, 4) is 0 Å². The molecule has 1 saturated heterocycles. The first-order valence-corrected chi connectivity index (χ1v) is 6.80. The Bertz CT molecular complexity index is 426. The minimum Gasteiger partial charge on any atom is -0.387 e. The molecule has 1 aromatic carbocycles. The lowest BCUT2D eigenvalue weighted by atomic mass is 10.1. The van der Waals surface area contributed by atoms with E-state index in [9.17, 15) is 13.9 Å². The summed E-state index contributed by atoms with van der Waals surface area (Å²) < 4.78 is 31.1. The van der Waals surface area contributed by atoms with Crippen molar-refractivity contribution in [1.82, 2.24) is 10.2 Å². The van der Waals surface area contributed by atoms with E-state index in [1.54, 1.807) is 0 Å². The average molecular weight is 286 g/mol. The van der Waals surface area contributed by atoms with Crippen molar-refractivity contribution in [3.05, 3.63) is 35.4 Å². The number of aliphatic hydroxyl groups excluding tert-OH is 1. The largest absolute Gasteiger partial charge is 0.387 e. The molecule has 1 aliphatic heterocycles. The fraction of sp³-hybridized carbons (Fsp3) is 0.571. The second-order valence-corrected chi connectivity index (χ2v) is 4.85. The fourth-order valence-corrected chi connectivity index (χ4v) is 2.14. The molecule has 0 aromatic heterocycles. The normalized spacial score (nSPS) is 18.1. The number of aliphatic hydroxyl groups is 1. The van der Waals surface area contributed by atoms with Crippen LogP contribution in [0.5, 0.6) is 0 Å². The van der Waals surface area contributed by atoms with Crippen LogP contribution in [0.4, 0.5) is 8.78 Å². The summed E-state index contributed by atoms with van der Waals surface area (Å²) in [4.78, 5) is 2.28. The van der Waals surface area contributed by atoms with E-state index in [-0.39, 0.29) is 0 Å². The van der Waals surface area contributed by atoms with Crippen molar-refractivity contribution in [2.24, 2.45) is 0 Å². The maximum absolute atomic E-state index is 13.0. The van der Waals surface area contributed by atoms with Crippen LogP contribution in [0.15, 0.2) is 18.2 Å². The quantitative estimate of drug-likeness (QED) is 0.763. The highest BCUT2D eigenvalue weighted by molar-refractivity contribution is 5.20. The Morgan fingerprint density at radius 3 is 2.70 bits per heavy atom. The van der Waals surface area contributed by atoms with Crippen molar-refractivity contribution in [2.75, 3.05) is 45.9 Å². The highest BCUT2D eigenvalue weighted by Gasteiger charge is 2.12. The zero-order chi connectivity index (χ0) is 14.4. The predicted octanol–water partition coefficient (Wildman–Crippen LogP) is 0.920. The van der Waals surface area contributed by atoms with Crippen molar-refractivity contribution >= 4 is 0 Å².